The van der Waals surface area contributed by atoms with E-state index in [-0.39, 0.29) is 5.56 Å². The van der Waals surface area contributed by atoms with Crippen molar-refractivity contribution in [3.8, 4) is 0 Å². The minimum atomic E-state index is 0.0484. The summed E-state index contributed by atoms with van der Waals surface area (Å²) in [7, 11) is 0. The van der Waals surface area contributed by atoms with Crippen LogP contribution in [0.3, 0.4) is 0 Å². The minimum Gasteiger partial charge on any atom is -0.361 e. The van der Waals surface area contributed by atoms with Gasteiger partial charge in [0.05, 0.1) is 18.4 Å². The predicted octanol–water partition coefficient (Wildman–Crippen LogP) is 1.24. The van der Waals surface area contributed by atoms with Gasteiger partial charge in [-0.2, -0.15) is 5.10 Å². The summed E-state index contributed by atoms with van der Waals surface area (Å²) >= 11 is 0. The molecular formula is C19H27N5O2. The van der Waals surface area contributed by atoms with Crippen LogP contribution in [0.5, 0.6) is 0 Å². The molecule has 0 unspecified atom stereocenters. The van der Waals surface area contributed by atoms with E-state index >= 15 is 0 Å². The number of nitrogens with zero attached hydrogens (tertiary/aromatic N) is 5. The third-order valence-corrected chi connectivity index (χ3v) is 5.61. The van der Waals surface area contributed by atoms with Crippen LogP contribution >= 0.6 is 0 Å². The number of piperazine rings is 1. The topological polar surface area (TPSA) is 67.4 Å². The highest BCUT2D eigenvalue weighted by molar-refractivity contribution is 5.20. The lowest BCUT2D eigenvalue weighted by Gasteiger charge is -2.34. The Labute approximate surface area is 153 Å². The zero-order valence-corrected chi connectivity index (χ0v) is 15.5. The number of hydrogen-bond acceptors (Lipinski definition) is 6. The second-order valence-corrected chi connectivity index (χ2v) is 7.41. The Morgan fingerprint density at radius 3 is 2.62 bits per heavy atom. The molecule has 7 heteroatoms. The normalized spacial score (nSPS) is 18.8. The van der Waals surface area contributed by atoms with Gasteiger partial charge in [-0.05, 0) is 38.2 Å². The van der Waals surface area contributed by atoms with Crippen LogP contribution in [-0.2, 0) is 25.9 Å². The van der Waals surface area contributed by atoms with E-state index in [4.69, 9.17) is 4.52 Å². The van der Waals surface area contributed by atoms with Crippen molar-refractivity contribution in [2.45, 2.75) is 45.7 Å². The molecule has 2 aromatic rings. The lowest BCUT2D eigenvalue weighted by molar-refractivity contribution is 0.122. The average molecular weight is 357 g/mol. The maximum atomic E-state index is 12.3. The van der Waals surface area contributed by atoms with E-state index in [2.05, 4.69) is 20.1 Å². The fourth-order valence-corrected chi connectivity index (χ4v) is 3.88. The lowest BCUT2D eigenvalue weighted by atomic mass is 9.97. The zero-order valence-electron chi connectivity index (χ0n) is 15.5. The van der Waals surface area contributed by atoms with Crippen molar-refractivity contribution in [1.82, 2.24) is 24.7 Å². The van der Waals surface area contributed by atoms with E-state index in [1.165, 1.54) is 18.4 Å². The quantitative estimate of drug-likeness (QED) is 0.802. The monoisotopic (exact) mass is 357 g/mol. The number of rotatable bonds is 5. The Kier molecular flexibility index (Phi) is 5.17. The van der Waals surface area contributed by atoms with Gasteiger partial charge in [0.2, 0.25) is 0 Å². The van der Waals surface area contributed by atoms with Crippen molar-refractivity contribution < 1.29 is 4.52 Å². The zero-order chi connectivity index (χ0) is 17.9. The molecular weight excluding hydrogens is 330 g/mol. The Morgan fingerprint density at radius 2 is 1.85 bits per heavy atom. The van der Waals surface area contributed by atoms with Crippen molar-refractivity contribution in [3.63, 3.8) is 0 Å². The summed E-state index contributed by atoms with van der Waals surface area (Å²) in [6, 6.07) is 1.81. The van der Waals surface area contributed by atoms with Gasteiger partial charge in [0.15, 0.2) is 0 Å². The van der Waals surface area contributed by atoms with E-state index in [1.807, 2.05) is 13.1 Å². The highest BCUT2D eigenvalue weighted by Gasteiger charge is 2.19. The standard InChI is InChI=1S/C19H27N5O2/c1-15-17(13-20-26-15)14-23-8-6-22(7-9-23)10-11-24-19(25)12-16-4-2-3-5-18(16)21-24/h12-13H,2-11,14H2,1H3. The van der Waals surface area contributed by atoms with Crippen molar-refractivity contribution in [2.24, 2.45) is 0 Å². The van der Waals surface area contributed by atoms with Gasteiger partial charge in [0.25, 0.3) is 5.56 Å². The molecule has 1 aliphatic heterocycles. The number of hydrogen-bond donors (Lipinski definition) is 0. The van der Waals surface area contributed by atoms with Crippen LogP contribution in [0.2, 0.25) is 0 Å². The fraction of sp³-hybridized carbons (Fsp3) is 0.632. The van der Waals surface area contributed by atoms with Crippen molar-refractivity contribution in [2.75, 3.05) is 32.7 Å². The van der Waals surface area contributed by atoms with Crippen molar-refractivity contribution in [1.29, 1.82) is 0 Å². The van der Waals surface area contributed by atoms with Crippen molar-refractivity contribution >= 4 is 0 Å². The molecule has 0 spiro atoms. The molecule has 1 saturated heterocycles. The SMILES string of the molecule is Cc1oncc1CN1CCN(CCn2nc3c(cc2=O)CCCC3)CC1. The molecule has 0 N–H and O–H groups in total. The number of aromatic nitrogens is 3. The van der Waals surface area contributed by atoms with Crippen LogP contribution in [-0.4, -0.2) is 57.5 Å². The Morgan fingerprint density at radius 1 is 1.08 bits per heavy atom. The summed E-state index contributed by atoms with van der Waals surface area (Å²) in [4.78, 5) is 17.1. The van der Waals surface area contributed by atoms with Crippen LogP contribution in [0.25, 0.3) is 0 Å². The summed E-state index contributed by atoms with van der Waals surface area (Å²) in [5.74, 6) is 0.908. The molecule has 4 rings (SSSR count). The first-order chi connectivity index (χ1) is 12.7. The summed E-state index contributed by atoms with van der Waals surface area (Å²) in [6.45, 7) is 8.50. The van der Waals surface area contributed by atoms with Crippen LogP contribution in [0.15, 0.2) is 21.6 Å². The fourth-order valence-electron chi connectivity index (χ4n) is 3.88. The second kappa shape index (κ2) is 7.72. The smallest absolute Gasteiger partial charge is 0.267 e. The van der Waals surface area contributed by atoms with Gasteiger partial charge in [-0.15, -0.1) is 0 Å². The molecule has 0 bridgehead atoms. The molecule has 0 saturated carbocycles. The van der Waals surface area contributed by atoms with Crippen LogP contribution in [0, 0.1) is 6.92 Å². The van der Waals surface area contributed by atoms with Crippen molar-refractivity contribution in [3.05, 3.63) is 45.2 Å². The molecule has 7 nitrogen and oxygen atoms in total. The molecule has 140 valence electrons. The van der Waals surface area contributed by atoms with Crippen LogP contribution in [0.4, 0.5) is 0 Å². The minimum absolute atomic E-state index is 0.0484. The Hall–Kier alpha value is -1.99. The first-order valence-electron chi connectivity index (χ1n) is 9.64. The molecule has 2 aliphatic rings. The second-order valence-electron chi connectivity index (χ2n) is 7.41. The van der Waals surface area contributed by atoms with Gasteiger partial charge in [-0.25, -0.2) is 4.68 Å². The van der Waals surface area contributed by atoms with Gasteiger partial charge in [0, 0.05) is 50.9 Å². The highest BCUT2D eigenvalue weighted by atomic mass is 16.5. The van der Waals surface area contributed by atoms with E-state index in [0.717, 1.165) is 69.1 Å². The van der Waals surface area contributed by atoms with Gasteiger partial charge < -0.3 is 4.52 Å². The van der Waals surface area contributed by atoms with Gasteiger partial charge in [0.1, 0.15) is 5.76 Å². The summed E-state index contributed by atoms with van der Waals surface area (Å²) < 4.78 is 6.80. The number of aryl methyl sites for hydroxylation is 3. The van der Waals surface area contributed by atoms with Gasteiger partial charge in [-0.3, -0.25) is 14.6 Å². The first kappa shape index (κ1) is 17.4. The summed E-state index contributed by atoms with van der Waals surface area (Å²) in [6.07, 6.45) is 6.20. The third-order valence-electron chi connectivity index (χ3n) is 5.61. The molecule has 1 aliphatic carbocycles. The molecule has 2 aromatic heterocycles. The first-order valence-corrected chi connectivity index (χ1v) is 9.64. The van der Waals surface area contributed by atoms with Gasteiger partial charge in [-0.1, -0.05) is 5.16 Å². The largest absolute Gasteiger partial charge is 0.361 e. The molecule has 3 heterocycles. The third kappa shape index (κ3) is 3.88. The maximum Gasteiger partial charge on any atom is 0.267 e. The Bertz CT molecular complexity index is 805. The predicted molar refractivity (Wildman–Crippen MR) is 98.1 cm³/mol. The van der Waals surface area contributed by atoms with Gasteiger partial charge >= 0.3 is 0 Å². The van der Waals surface area contributed by atoms with E-state index in [9.17, 15) is 4.79 Å². The van der Waals surface area contributed by atoms with Crippen LogP contribution in [0.1, 0.15) is 35.4 Å². The van der Waals surface area contributed by atoms with E-state index in [1.54, 1.807) is 10.7 Å². The van der Waals surface area contributed by atoms with Crippen LogP contribution < -0.4 is 5.56 Å². The Balaban J connectivity index is 1.29. The van der Waals surface area contributed by atoms with E-state index < -0.39 is 0 Å². The molecule has 0 atom stereocenters. The highest BCUT2D eigenvalue weighted by Crippen LogP contribution is 2.17. The molecule has 26 heavy (non-hydrogen) atoms. The molecule has 0 aromatic carbocycles. The molecule has 0 amide bonds. The molecule has 0 radical (unpaired) electrons. The average Bonchev–Trinajstić information content (AvgIpc) is 3.06. The lowest BCUT2D eigenvalue weighted by Crippen LogP contribution is -2.47. The molecule has 1 fully saturated rings. The maximum absolute atomic E-state index is 12.3. The van der Waals surface area contributed by atoms with E-state index in [0.29, 0.717) is 6.54 Å². The number of fused-ring (bicyclic) bond motifs is 1. The summed E-state index contributed by atoms with van der Waals surface area (Å²) in [5, 5.41) is 8.47. The summed E-state index contributed by atoms with van der Waals surface area (Å²) in [5.41, 5.74) is 3.51.